The molecule has 0 saturated heterocycles. The third-order valence-electron chi connectivity index (χ3n) is 4.23. The molecule has 28 heavy (non-hydrogen) atoms. The van der Waals surface area contributed by atoms with Gasteiger partial charge in [-0.2, -0.15) is 11.3 Å². The average molecular weight is 404 g/mol. The third-order valence-corrected chi connectivity index (χ3v) is 4.91. The lowest BCUT2D eigenvalue weighted by Gasteiger charge is -2.24. The number of thiophene rings is 1. The fraction of sp³-hybridized carbons (Fsp3) is 0.263. The molecule has 0 saturated carbocycles. The highest BCUT2D eigenvalue weighted by atomic mass is 32.1. The van der Waals surface area contributed by atoms with Gasteiger partial charge in [-0.3, -0.25) is 4.57 Å². The summed E-state index contributed by atoms with van der Waals surface area (Å²) in [7, 11) is 1.55. The van der Waals surface area contributed by atoms with Crippen molar-refractivity contribution in [1.29, 1.82) is 0 Å². The Morgan fingerprint density at radius 2 is 2.18 bits per heavy atom. The van der Waals surface area contributed by atoms with Crippen LogP contribution in [0.4, 0.5) is 4.53 Å². The molecule has 4 rings (SSSR count). The predicted octanol–water partition coefficient (Wildman–Crippen LogP) is 4.33. The number of imidazole rings is 1. The van der Waals surface area contributed by atoms with Gasteiger partial charge in [0.25, 0.3) is 0 Å². The van der Waals surface area contributed by atoms with Crippen LogP contribution in [0, 0.1) is 0 Å². The molecule has 1 aliphatic rings. The molecule has 3 aromatic rings. The van der Waals surface area contributed by atoms with Crippen molar-refractivity contribution in [3.8, 4) is 34.3 Å². The van der Waals surface area contributed by atoms with E-state index in [1.807, 2.05) is 30.7 Å². The van der Waals surface area contributed by atoms with Crippen LogP contribution in [-0.4, -0.2) is 28.7 Å². The summed E-state index contributed by atoms with van der Waals surface area (Å²) in [5.41, 5.74) is 1.68. The fourth-order valence-corrected chi connectivity index (χ4v) is 3.74. The van der Waals surface area contributed by atoms with E-state index >= 15 is 0 Å². The van der Waals surface area contributed by atoms with Gasteiger partial charge in [0.1, 0.15) is 18.2 Å². The number of benzene rings is 1. The van der Waals surface area contributed by atoms with E-state index in [1.54, 1.807) is 23.8 Å². The molecule has 7 nitrogen and oxygen atoms in total. The number of carbonyl (C=O) groups is 1. The first kappa shape index (κ1) is 18.3. The van der Waals surface area contributed by atoms with Crippen LogP contribution in [0.1, 0.15) is 30.0 Å². The summed E-state index contributed by atoms with van der Waals surface area (Å²) >= 11 is 1.49. The monoisotopic (exact) mass is 404 g/mol. The molecule has 0 amide bonds. The minimum atomic E-state index is -1.16. The normalized spacial score (nSPS) is 12.2. The number of hydrogen-bond donors (Lipinski definition) is 0. The summed E-state index contributed by atoms with van der Waals surface area (Å²) < 4.78 is 31.5. The SMILES string of the molecule is COc1cc2c(cc1OC(C)C)-n1c(-c3ccsc3)nc(C(=O)OF)c1CO2. The van der Waals surface area contributed by atoms with Crippen LogP contribution in [0.5, 0.6) is 17.2 Å². The van der Waals surface area contributed by atoms with E-state index < -0.39 is 5.97 Å². The minimum Gasteiger partial charge on any atom is -0.493 e. The Kier molecular flexibility index (Phi) is 4.68. The molecule has 0 aliphatic carbocycles. The second kappa shape index (κ2) is 7.16. The van der Waals surface area contributed by atoms with Crippen molar-refractivity contribution in [2.45, 2.75) is 26.6 Å². The zero-order valence-electron chi connectivity index (χ0n) is 15.4. The van der Waals surface area contributed by atoms with Gasteiger partial charge in [0, 0.05) is 27.6 Å². The second-order valence-corrected chi connectivity index (χ2v) is 7.15. The Labute approximate surface area is 164 Å². The standard InChI is InChI=1S/C19H17FN2O5S/c1-10(2)26-16-6-12-14(7-15(16)24-3)25-8-13-17(19(23)27-20)21-18(22(12)13)11-4-5-28-9-11/h4-7,9-10H,8H2,1-3H3. The highest BCUT2D eigenvalue weighted by Gasteiger charge is 2.31. The maximum Gasteiger partial charge on any atom is 0.399 e. The molecule has 1 aliphatic heterocycles. The lowest BCUT2D eigenvalue weighted by Crippen LogP contribution is -2.17. The van der Waals surface area contributed by atoms with Crippen molar-refractivity contribution in [2.24, 2.45) is 0 Å². The van der Waals surface area contributed by atoms with Crippen LogP contribution in [0.2, 0.25) is 0 Å². The van der Waals surface area contributed by atoms with Crippen molar-refractivity contribution in [3.05, 3.63) is 40.3 Å². The van der Waals surface area contributed by atoms with E-state index in [0.717, 1.165) is 5.56 Å². The van der Waals surface area contributed by atoms with Gasteiger partial charge in [-0.15, -0.1) is 0 Å². The number of halogens is 1. The molecule has 0 bridgehead atoms. The molecule has 0 unspecified atom stereocenters. The zero-order chi connectivity index (χ0) is 19.8. The number of carbonyl (C=O) groups excluding carboxylic acids is 1. The maximum atomic E-state index is 12.6. The molecule has 0 radical (unpaired) electrons. The predicted molar refractivity (Wildman–Crippen MR) is 100 cm³/mol. The topological polar surface area (TPSA) is 71.8 Å². The van der Waals surface area contributed by atoms with Crippen molar-refractivity contribution < 1.29 is 28.5 Å². The quantitative estimate of drug-likeness (QED) is 0.630. The van der Waals surface area contributed by atoms with Crippen molar-refractivity contribution in [3.63, 3.8) is 0 Å². The lowest BCUT2D eigenvalue weighted by molar-refractivity contribution is -0.0794. The summed E-state index contributed by atoms with van der Waals surface area (Å²) in [5, 5.41) is 3.79. The van der Waals surface area contributed by atoms with E-state index in [0.29, 0.717) is 34.5 Å². The number of rotatable bonds is 5. The van der Waals surface area contributed by atoms with Crippen LogP contribution in [0.3, 0.4) is 0 Å². The van der Waals surface area contributed by atoms with Gasteiger partial charge in [-0.05, 0) is 25.3 Å². The Bertz CT molecular complexity index is 1030. The summed E-state index contributed by atoms with van der Waals surface area (Å²) in [6, 6.07) is 5.36. The molecule has 1 aromatic carbocycles. The second-order valence-electron chi connectivity index (χ2n) is 6.37. The fourth-order valence-electron chi connectivity index (χ4n) is 3.10. The highest BCUT2D eigenvalue weighted by molar-refractivity contribution is 7.08. The van der Waals surface area contributed by atoms with Gasteiger partial charge in [0.05, 0.1) is 24.6 Å². The van der Waals surface area contributed by atoms with Crippen LogP contribution in [-0.2, 0) is 11.5 Å². The molecule has 146 valence electrons. The summed E-state index contributed by atoms with van der Waals surface area (Å²) in [4.78, 5) is 19.7. The van der Waals surface area contributed by atoms with E-state index in [4.69, 9.17) is 14.2 Å². The number of ether oxygens (including phenoxy) is 3. The van der Waals surface area contributed by atoms with Crippen LogP contribution >= 0.6 is 11.3 Å². The molecular formula is C19H17FN2O5S. The molecular weight excluding hydrogens is 387 g/mol. The Hall–Kier alpha value is -3.07. The van der Waals surface area contributed by atoms with Crippen LogP contribution < -0.4 is 14.2 Å². The summed E-state index contributed by atoms with van der Waals surface area (Å²) in [5.74, 6) is 0.907. The van der Waals surface area contributed by atoms with Gasteiger partial charge in [-0.25, -0.2) is 14.7 Å². The Morgan fingerprint density at radius 3 is 2.82 bits per heavy atom. The summed E-state index contributed by atoms with van der Waals surface area (Å²) in [6.07, 6.45) is -0.0767. The summed E-state index contributed by atoms with van der Waals surface area (Å²) in [6.45, 7) is 3.84. The first-order valence-corrected chi connectivity index (χ1v) is 9.46. The molecule has 9 heteroatoms. The molecule has 2 aromatic heterocycles. The highest BCUT2D eigenvalue weighted by Crippen LogP contribution is 2.43. The largest absolute Gasteiger partial charge is 0.493 e. The smallest absolute Gasteiger partial charge is 0.399 e. The maximum absolute atomic E-state index is 12.6. The molecule has 0 spiro atoms. The van der Waals surface area contributed by atoms with Crippen molar-refractivity contribution in [1.82, 2.24) is 9.55 Å². The molecule has 3 heterocycles. The number of nitrogens with zero attached hydrogens (tertiary/aromatic N) is 2. The lowest BCUT2D eigenvalue weighted by atomic mass is 10.2. The Balaban J connectivity index is 1.97. The number of methoxy groups -OCH3 is 1. The number of fused-ring (bicyclic) bond motifs is 3. The van der Waals surface area contributed by atoms with Gasteiger partial charge >= 0.3 is 5.97 Å². The van der Waals surface area contributed by atoms with E-state index in [-0.39, 0.29) is 18.4 Å². The van der Waals surface area contributed by atoms with Crippen molar-refractivity contribution >= 4 is 17.3 Å². The molecule has 0 atom stereocenters. The first-order valence-electron chi connectivity index (χ1n) is 8.52. The molecule has 0 fully saturated rings. The van der Waals surface area contributed by atoms with E-state index in [2.05, 4.69) is 9.93 Å². The van der Waals surface area contributed by atoms with Crippen LogP contribution in [0.15, 0.2) is 29.0 Å². The zero-order valence-corrected chi connectivity index (χ0v) is 16.2. The average Bonchev–Trinajstić information content (AvgIpc) is 3.34. The molecule has 0 N–H and O–H groups in total. The van der Waals surface area contributed by atoms with Gasteiger partial charge < -0.3 is 14.2 Å². The Morgan fingerprint density at radius 1 is 1.36 bits per heavy atom. The van der Waals surface area contributed by atoms with Gasteiger partial charge in [0.15, 0.2) is 17.2 Å². The van der Waals surface area contributed by atoms with Gasteiger partial charge in [0.2, 0.25) is 0 Å². The minimum absolute atomic E-state index is 0.0299. The van der Waals surface area contributed by atoms with Crippen LogP contribution in [0.25, 0.3) is 17.1 Å². The van der Waals surface area contributed by atoms with E-state index in [9.17, 15) is 9.32 Å². The third kappa shape index (κ3) is 2.97. The van der Waals surface area contributed by atoms with Crippen molar-refractivity contribution in [2.75, 3.05) is 7.11 Å². The number of hydrogen-bond acceptors (Lipinski definition) is 7. The van der Waals surface area contributed by atoms with E-state index in [1.165, 1.54) is 11.3 Å². The number of aromatic nitrogens is 2. The van der Waals surface area contributed by atoms with Gasteiger partial charge in [-0.1, -0.05) is 0 Å². The first-order chi connectivity index (χ1) is 13.5.